The Balaban J connectivity index is 1.59. The van der Waals surface area contributed by atoms with Crippen molar-refractivity contribution in [2.45, 2.75) is 31.3 Å². The highest BCUT2D eigenvalue weighted by Gasteiger charge is 2.36. The molecule has 6 heteroatoms. The Morgan fingerprint density at radius 2 is 2.23 bits per heavy atom. The number of rotatable bonds is 2. The van der Waals surface area contributed by atoms with E-state index in [0.29, 0.717) is 17.6 Å². The quantitative estimate of drug-likeness (QED) is 0.926. The van der Waals surface area contributed by atoms with Gasteiger partial charge in [0, 0.05) is 25.2 Å². The second kappa shape index (κ2) is 5.52. The monoisotopic (exact) mass is 316 g/mol. The van der Waals surface area contributed by atoms with Crippen molar-refractivity contribution < 1.29 is 4.79 Å². The molecular weight excluding hydrogens is 296 g/mol. The van der Waals surface area contributed by atoms with Crippen LogP contribution in [0.1, 0.15) is 29.6 Å². The number of likely N-dealkylation sites (tertiary alicyclic amines) is 1. The fourth-order valence-corrected chi connectivity index (χ4v) is 4.45. The molecule has 2 aliphatic rings. The van der Waals surface area contributed by atoms with E-state index in [1.165, 1.54) is 12.8 Å². The average molecular weight is 316 g/mol. The molecule has 1 amide bonds. The van der Waals surface area contributed by atoms with Gasteiger partial charge in [-0.05, 0) is 37.8 Å². The average Bonchev–Trinajstić information content (AvgIpc) is 3.20. The molecule has 2 fully saturated rings. The molecule has 1 N–H and O–H groups in total. The molecule has 5 nitrogen and oxygen atoms in total. The summed E-state index contributed by atoms with van der Waals surface area (Å²) in [6.07, 6.45) is 5.22. The van der Waals surface area contributed by atoms with Crippen molar-refractivity contribution in [1.82, 2.24) is 20.0 Å². The molecule has 4 rings (SSSR count). The maximum atomic E-state index is 13.0. The van der Waals surface area contributed by atoms with Crippen LogP contribution in [0.15, 0.2) is 23.7 Å². The van der Waals surface area contributed by atoms with Crippen LogP contribution in [-0.2, 0) is 0 Å². The Morgan fingerprint density at radius 1 is 1.36 bits per heavy atom. The van der Waals surface area contributed by atoms with E-state index in [-0.39, 0.29) is 5.91 Å². The van der Waals surface area contributed by atoms with Crippen molar-refractivity contribution in [3.8, 4) is 10.6 Å². The number of H-pyrrole nitrogens is 1. The molecule has 4 heterocycles. The molecule has 0 unspecified atom stereocenters. The second-order valence-corrected chi connectivity index (χ2v) is 7.17. The third-order valence-electron chi connectivity index (χ3n) is 5.07. The van der Waals surface area contributed by atoms with E-state index in [1.807, 2.05) is 22.4 Å². The first-order valence-corrected chi connectivity index (χ1v) is 8.70. The fraction of sp³-hybridized carbons (Fsp3) is 0.500. The Bertz CT molecular complexity index is 666. The first kappa shape index (κ1) is 14.0. The topological polar surface area (TPSA) is 52.2 Å². The normalized spacial score (nSPS) is 25.4. The van der Waals surface area contributed by atoms with Gasteiger partial charge in [-0.25, -0.2) is 0 Å². The first-order chi connectivity index (χ1) is 10.7. The highest BCUT2D eigenvalue weighted by molar-refractivity contribution is 7.13. The van der Waals surface area contributed by atoms with Crippen LogP contribution in [0.5, 0.6) is 0 Å². The molecule has 116 valence electrons. The number of aromatic nitrogens is 2. The predicted octanol–water partition coefficient (Wildman–Crippen LogP) is 2.45. The lowest BCUT2D eigenvalue weighted by atomic mass is 10.1. The van der Waals surface area contributed by atoms with Crippen LogP contribution in [0, 0.1) is 0 Å². The van der Waals surface area contributed by atoms with Crippen molar-refractivity contribution >= 4 is 17.2 Å². The lowest BCUT2D eigenvalue weighted by molar-refractivity contribution is 0.0741. The van der Waals surface area contributed by atoms with E-state index in [2.05, 4.69) is 22.1 Å². The summed E-state index contributed by atoms with van der Waals surface area (Å²) in [7, 11) is 2.20. The molecule has 0 spiro atoms. The number of carbonyl (C=O) groups excluding carboxylic acids is 1. The van der Waals surface area contributed by atoms with Gasteiger partial charge in [0.15, 0.2) is 0 Å². The van der Waals surface area contributed by atoms with Gasteiger partial charge in [0.25, 0.3) is 5.91 Å². The number of thiophene rings is 1. The number of amides is 1. The number of hydrogen-bond acceptors (Lipinski definition) is 4. The minimum Gasteiger partial charge on any atom is -0.337 e. The molecule has 2 saturated heterocycles. The van der Waals surface area contributed by atoms with Crippen LogP contribution >= 0.6 is 11.3 Å². The molecule has 0 aromatic carbocycles. The van der Waals surface area contributed by atoms with Crippen molar-refractivity contribution in [2.24, 2.45) is 0 Å². The van der Waals surface area contributed by atoms with Crippen LogP contribution in [0.25, 0.3) is 10.6 Å². The SMILES string of the molecule is CN1[C@@H]2CC[C@H]1CN(C(=O)c1cn[nH]c1-c1cccs1)CC2. The van der Waals surface area contributed by atoms with Crippen LogP contribution in [0.3, 0.4) is 0 Å². The third-order valence-corrected chi connectivity index (χ3v) is 5.96. The number of carbonyl (C=O) groups is 1. The number of aromatic amines is 1. The van der Waals surface area contributed by atoms with Crippen molar-refractivity contribution in [2.75, 3.05) is 20.1 Å². The van der Waals surface area contributed by atoms with Gasteiger partial charge in [0.1, 0.15) is 0 Å². The maximum absolute atomic E-state index is 13.0. The summed E-state index contributed by atoms with van der Waals surface area (Å²) in [5.41, 5.74) is 1.55. The molecule has 0 saturated carbocycles. The molecule has 2 aliphatic heterocycles. The molecule has 2 bridgehead atoms. The van der Waals surface area contributed by atoms with E-state index in [0.717, 1.165) is 30.1 Å². The van der Waals surface area contributed by atoms with Crippen LogP contribution in [0.4, 0.5) is 0 Å². The smallest absolute Gasteiger partial charge is 0.257 e. The standard InChI is InChI=1S/C16H20N4OS/c1-19-11-4-5-12(19)10-20(7-6-11)16(21)13-9-17-18-15(13)14-3-2-8-22-14/h2-3,8-9,11-12H,4-7,10H2,1H3,(H,17,18)/t11-,12+/m1/s1. The number of hydrogen-bond donors (Lipinski definition) is 1. The Labute approximate surface area is 133 Å². The zero-order chi connectivity index (χ0) is 15.1. The number of likely N-dealkylation sites (N-methyl/N-ethyl adjacent to an activating group) is 1. The van der Waals surface area contributed by atoms with Crippen molar-refractivity contribution in [3.05, 3.63) is 29.3 Å². The van der Waals surface area contributed by atoms with E-state index in [1.54, 1.807) is 17.5 Å². The zero-order valence-electron chi connectivity index (χ0n) is 12.7. The van der Waals surface area contributed by atoms with E-state index in [4.69, 9.17) is 0 Å². The van der Waals surface area contributed by atoms with Crippen molar-refractivity contribution in [3.63, 3.8) is 0 Å². The minimum absolute atomic E-state index is 0.109. The fourth-order valence-electron chi connectivity index (χ4n) is 3.72. The summed E-state index contributed by atoms with van der Waals surface area (Å²) in [4.78, 5) is 18.5. The lowest BCUT2D eigenvalue weighted by Crippen LogP contribution is -2.39. The van der Waals surface area contributed by atoms with Gasteiger partial charge >= 0.3 is 0 Å². The summed E-state index contributed by atoms with van der Waals surface area (Å²) in [5.74, 6) is 0.109. The van der Waals surface area contributed by atoms with Gasteiger partial charge in [-0.15, -0.1) is 11.3 Å². The summed E-state index contributed by atoms with van der Waals surface area (Å²) in [6.45, 7) is 1.68. The van der Waals surface area contributed by atoms with Crippen LogP contribution in [0.2, 0.25) is 0 Å². The van der Waals surface area contributed by atoms with Gasteiger partial charge in [-0.1, -0.05) is 6.07 Å². The minimum atomic E-state index is 0.109. The van der Waals surface area contributed by atoms with Gasteiger partial charge in [0.05, 0.1) is 22.3 Å². The maximum Gasteiger partial charge on any atom is 0.257 e. The first-order valence-electron chi connectivity index (χ1n) is 7.82. The largest absolute Gasteiger partial charge is 0.337 e. The molecule has 22 heavy (non-hydrogen) atoms. The van der Waals surface area contributed by atoms with Gasteiger partial charge < -0.3 is 4.90 Å². The van der Waals surface area contributed by atoms with Gasteiger partial charge in [-0.2, -0.15) is 5.10 Å². The van der Waals surface area contributed by atoms with Gasteiger partial charge in [-0.3, -0.25) is 14.8 Å². The van der Waals surface area contributed by atoms with E-state index < -0.39 is 0 Å². The highest BCUT2D eigenvalue weighted by Crippen LogP contribution is 2.31. The molecular formula is C16H20N4OS. The molecule has 0 aliphatic carbocycles. The number of nitrogens with one attached hydrogen (secondary N) is 1. The number of fused-ring (bicyclic) bond motifs is 2. The number of nitrogens with zero attached hydrogens (tertiary/aromatic N) is 3. The molecule has 2 aromatic heterocycles. The molecule has 2 atom stereocenters. The van der Waals surface area contributed by atoms with Crippen LogP contribution in [-0.4, -0.2) is 58.1 Å². The lowest BCUT2D eigenvalue weighted by Gasteiger charge is -2.25. The Kier molecular flexibility index (Phi) is 3.50. The summed E-state index contributed by atoms with van der Waals surface area (Å²) in [5, 5.41) is 9.11. The molecule has 2 aromatic rings. The Hall–Kier alpha value is -1.66. The summed E-state index contributed by atoms with van der Waals surface area (Å²) < 4.78 is 0. The van der Waals surface area contributed by atoms with Crippen molar-refractivity contribution in [1.29, 1.82) is 0 Å². The third kappa shape index (κ3) is 2.27. The van der Waals surface area contributed by atoms with E-state index in [9.17, 15) is 4.79 Å². The van der Waals surface area contributed by atoms with Crippen LogP contribution < -0.4 is 0 Å². The van der Waals surface area contributed by atoms with E-state index >= 15 is 0 Å². The Morgan fingerprint density at radius 3 is 3.05 bits per heavy atom. The summed E-state index contributed by atoms with van der Waals surface area (Å²) in [6, 6.07) is 5.17. The zero-order valence-corrected chi connectivity index (χ0v) is 13.5. The highest BCUT2D eigenvalue weighted by atomic mass is 32.1. The summed E-state index contributed by atoms with van der Waals surface area (Å²) >= 11 is 1.63. The second-order valence-electron chi connectivity index (χ2n) is 6.23. The van der Waals surface area contributed by atoms with Gasteiger partial charge in [0.2, 0.25) is 0 Å². The molecule has 0 radical (unpaired) electrons. The predicted molar refractivity (Wildman–Crippen MR) is 87.0 cm³/mol.